The number of pyridine rings is 1. The molecule has 11 heteroatoms. The molecule has 1 fully saturated rings. The van der Waals surface area contributed by atoms with Crippen LogP contribution in [0.2, 0.25) is 5.15 Å². The van der Waals surface area contributed by atoms with Crippen molar-refractivity contribution in [1.29, 1.82) is 0 Å². The number of aromatic nitrogens is 2. The molecule has 0 atom stereocenters. The number of halogens is 1. The monoisotopic (exact) mass is 499 g/mol. The van der Waals surface area contributed by atoms with Gasteiger partial charge in [0, 0.05) is 18.7 Å². The number of carbonyl (C=O) groups excluding carboxylic acids is 1. The van der Waals surface area contributed by atoms with Crippen LogP contribution < -0.4 is 15.4 Å². The minimum absolute atomic E-state index is 0.00249. The molecule has 1 amide bonds. The van der Waals surface area contributed by atoms with Gasteiger partial charge in [0.1, 0.15) is 0 Å². The van der Waals surface area contributed by atoms with Gasteiger partial charge in [-0.1, -0.05) is 42.2 Å². The predicted molar refractivity (Wildman–Crippen MR) is 131 cm³/mol. The minimum atomic E-state index is -3.57. The van der Waals surface area contributed by atoms with Gasteiger partial charge in [0.25, 0.3) is 0 Å². The lowest BCUT2D eigenvalue weighted by atomic mass is 9.89. The van der Waals surface area contributed by atoms with Gasteiger partial charge in [-0.2, -0.15) is 0 Å². The van der Waals surface area contributed by atoms with Crippen LogP contribution in [-0.2, 0) is 14.8 Å². The van der Waals surface area contributed by atoms with Crippen molar-refractivity contribution in [3.63, 3.8) is 0 Å². The van der Waals surface area contributed by atoms with Crippen molar-refractivity contribution in [2.45, 2.75) is 52.4 Å². The third-order valence-electron chi connectivity index (χ3n) is 5.37. The molecule has 1 aliphatic rings. The number of hydrogen-bond donors (Lipinski definition) is 3. The summed E-state index contributed by atoms with van der Waals surface area (Å²) in [6.07, 6.45) is 8.54. The Labute approximate surface area is 198 Å². The fraction of sp³-hybridized carbons (Fsp3) is 0.571. The van der Waals surface area contributed by atoms with E-state index in [2.05, 4.69) is 25.3 Å². The second-order valence-electron chi connectivity index (χ2n) is 8.16. The molecule has 0 aliphatic heterocycles. The molecule has 3 N–H and O–H groups in total. The number of nitrogens with one attached hydrogen (secondary N) is 3. The first kappa shape index (κ1) is 24.9. The van der Waals surface area contributed by atoms with E-state index >= 15 is 0 Å². The van der Waals surface area contributed by atoms with Crippen molar-refractivity contribution >= 4 is 49.7 Å². The molecule has 0 aromatic carbocycles. The van der Waals surface area contributed by atoms with Gasteiger partial charge in [0.2, 0.25) is 15.9 Å². The maximum absolute atomic E-state index is 12.6. The number of aryl methyl sites for hydroxylation is 1. The van der Waals surface area contributed by atoms with Crippen LogP contribution in [0, 0.1) is 12.8 Å². The summed E-state index contributed by atoms with van der Waals surface area (Å²) in [5.41, 5.74) is 1.61. The van der Waals surface area contributed by atoms with Crippen LogP contribution in [0.25, 0.3) is 10.4 Å². The number of hydrogen-bond acceptors (Lipinski definition) is 7. The first-order valence-corrected chi connectivity index (χ1v) is 13.7. The van der Waals surface area contributed by atoms with Crippen LogP contribution in [0.4, 0.5) is 10.8 Å². The van der Waals surface area contributed by atoms with Crippen LogP contribution in [0.1, 0.15) is 51.1 Å². The first-order valence-electron chi connectivity index (χ1n) is 10.9. The van der Waals surface area contributed by atoms with Crippen molar-refractivity contribution in [3.8, 4) is 10.4 Å². The van der Waals surface area contributed by atoms with Crippen molar-refractivity contribution < 1.29 is 13.2 Å². The highest BCUT2D eigenvalue weighted by Crippen LogP contribution is 2.35. The quantitative estimate of drug-likeness (QED) is 0.329. The number of sulfonamides is 1. The van der Waals surface area contributed by atoms with E-state index < -0.39 is 10.0 Å². The summed E-state index contributed by atoms with van der Waals surface area (Å²) >= 11 is 7.45. The Kier molecular flexibility index (Phi) is 8.87. The van der Waals surface area contributed by atoms with Crippen LogP contribution in [0.3, 0.4) is 0 Å². The Morgan fingerprint density at radius 1 is 1.28 bits per heavy atom. The molecule has 0 saturated heterocycles. The topological polar surface area (TPSA) is 113 Å². The zero-order valence-corrected chi connectivity index (χ0v) is 20.8. The van der Waals surface area contributed by atoms with Gasteiger partial charge in [-0.3, -0.25) is 9.52 Å². The van der Waals surface area contributed by atoms with E-state index in [-0.39, 0.29) is 22.5 Å². The number of carbonyl (C=O) groups is 1. The summed E-state index contributed by atoms with van der Waals surface area (Å²) in [7, 11) is -3.57. The van der Waals surface area contributed by atoms with Gasteiger partial charge < -0.3 is 10.6 Å². The molecular weight excluding hydrogens is 470 g/mol. The van der Waals surface area contributed by atoms with E-state index in [0.29, 0.717) is 35.3 Å². The summed E-state index contributed by atoms with van der Waals surface area (Å²) in [4.78, 5) is 20.5. The first-order chi connectivity index (χ1) is 15.2. The van der Waals surface area contributed by atoms with Crippen molar-refractivity contribution in [2.24, 2.45) is 5.92 Å². The van der Waals surface area contributed by atoms with E-state index in [4.69, 9.17) is 11.6 Å². The molecule has 176 valence electrons. The second kappa shape index (κ2) is 11.4. The van der Waals surface area contributed by atoms with Gasteiger partial charge in [-0.25, -0.2) is 18.4 Å². The number of nitrogens with zero attached hydrogens (tertiary/aromatic N) is 2. The Balaban J connectivity index is 1.57. The Hall–Kier alpha value is -1.75. The lowest BCUT2D eigenvalue weighted by Crippen LogP contribution is -2.27. The lowest BCUT2D eigenvalue weighted by molar-refractivity contribution is -0.114. The molecule has 2 heterocycles. The van der Waals surface area contributed by atoms with Gasteiger partial charge in [0.15, 0.2) is 10.3 Å². The highest BCUT2D eigenvalue weighted by atomic mass is 35.5. The van der Waals surface area contributed by atoms with Crippen LogP contribution in [0.5, 0.6) is 0 Å². The highest BCUT2D eigenvalue weighted by molar-refractivity contribution is 7.92. The molecule has 3 rings (SSSR count). The second-order valence-corrected chi connectivity index (χ2v) is 11.4. The Morgan fingerprint density at radius 2 is 2.03 bits per heavy atom. The number of thiazole rings is 1. The van der Waals surface area contributed by atoms with Gasteiger partial charge in [-0.05, 0) is 51.3 Å². The molecule has 1 aliphatic carbocycles. The molecular formula is C21H30ClN5O3S2. The van der Waals surface area contributed by atoms with E-state index in [1.54, 1.807) is 12.3 Å². The third kappa shape index (κ3) is 7.40. The van der Waals surface area contributed by atoms with Crippen molar-refractivity contribution in [2.75, 3.05) is 28.9 Å². The van der Waals surface area contributed by atoms with Crippen molar-refractivity contribution in [1.82, 2.24) is 15.3 Å². The normalized spacial score (nSPS) is 15.0. The van der Waals surface area contributed by atoms with E-state index in [0.717, 1.165) is 11.4 Å². The zero-order valence-electron chi connectivity index (χ0n) is 18.4. The molecule has 0 radical (unpaired) electrons. The van der Waals surface area contributed by atoms with Gasteiger partial charge in [-0.15, -0.1) is 0 Å². The van der Waals surface area contributed by atoms with E-state index in [9.17, 15) is 13.2 Å². The van der Waals surface area contributed by atoms with Crippen LogP contribution >= 0.6 is 22.9 Å². The molecule has 0 spiro atoms. The fourth-order valence-electron chi connectivity index (χ4n) is 3.82. The molecule has 8 nitrogen and oxygen atoms in total. The van der Waals surface area contributed by atoms with Gasteiger partial charge >= 0.3 is 0 Å². The summed E-state index contributed by atoms with van der Waals surface area (Å²) in [6, 6.07) is 1.65. The minimum Gasteiger partial charge on any atom is -0.316 e. The molecule has 32 heavy (non-hydrogen) atoms. The Bertz CT molecular complexity index is 1040. The SMILES string of the molecule is CC(=O)Nc1nc(C)c(-c2cnc(Cl)c(NS(=O)(=O)CCCNCC3CCCCC3)c2)s1. The predicted octanol–water partition coefficient (Wildman–Crippen LogP) is 4.43. The molecule has 0 unspecified atom stereocenters. The zero-order chi connectivity index (χ0) is 23.1. The summed E-state index contributed by atoms with van der Waals surface area (Å²) < 4.78 is 27.7. The van der Waals surface area contributed by atoms with Gasteiger partial charge in [0.05, 0.1) is 22.0 Å². The van der Waals surface area contributed by atoms with Crippen LogP contribution in [0.15, 0.2) is 12.3 Å². The Morgan fingerprint density at radius 3 is 2.75 bits per heavy atom. The lowest BCUT2D eigenvalue weighted by Gasteiger charge is -2.21. The molecule has 2 aromatic heterocycles. The van der Waals surface area contributed by atoms with E-state index in [1.807, 2.05) is 6.92 Å². The summed E-state index contributed by atoms with van der Waals surface area (Å²) in [5.74, 6) is 0.506. The highest BCUT2D eigenvalue weighted by Gasteiger charge is 2.17. The third-order valence-corrected chi connectivity index (χ3v) is 8.15. The number of amides is 1. The summed E-state index contributed by atoms with van der Waals surface area (Å²) in [6.45, 7) is 4.85. The maximum atomic E-state index is 12.6. The molecule has 0 bridgehead atoms. The number of anilines is 2. The van der Waals surface area contributed by atoms with Crippen molar-refractivity contribution in [3.05, 3.63) is 23.1 Å². The standard InChI is InChI=1S/C21H30ClN5O3S2/c1-14-19(31-21(25-14)26-15(2)28)17-11-18(20(22)24-13-17)27-32(29,30)10-6-9-23-12-16-7-4-3-5-8-16/h11,13,16,23,27H,3-10,12H2,1-2H3,(H,25,26,28). The number of rotatable bonds is 10. The molecule has 1 saturated carbocycles. The van der Waals surface area contributed by atoms with E-state index in [1.165, 1.54) is 50.4 Å². The average Bonchev–Trinajstić information content (AvgIpc) is 3.09. The largest absolute Gasteiger partial charge is 0.316 e. The fourth-order valence-corrected chi connectivity index (χ4v) is 6.13. The smallest absolute Gasteiger partial charge is 0.232 e. The van der Waals surface area contributed by atoms with Crippen LogP contribution in [-0.4, -0.2) is 43.1 Å². The average molecular weight is 500 g/mol. The summed E-state index contributed by atoms with van der Waals surface area (Å²) in [5, 5.41) is 6.60. The molecule has 2 aromatic rings. The maximum Gasteiger partial charge on any atom is 0.232 e.